The smallest absolute Gasteiger partial charge is 0.363 e. The van der Waals surface area contributed by atoms with Gasteiger partial charge in [0.15, 0.2) is 17.2 Å². The summed E-state index contributed by atoms with van der Waals surface area (Å²) in [5, 5.41) is 0.823. The average Bonchev–Trinajstić information content (AvgIpc) is 3.27. The monoisotopic (exact) mass is 529 g/mol. The van der Waals surface area contributed by atoms with E-state index in [0.717, 1.165) is 11.1 Å². The predicted molar refractivity (Wildman–Crippen MR) is 145 cm³/mol. The Morgan fingerprint density at radius 2 is 1.41 bits per heavy atom. The van der Waals surface area contributed by atoms with E-state index in [0.29, 0.717) is 45.9 Å². The lowest BCUT2D eigenvalue weighted by atomic mass is 10.1. The van der Waals surface area contributed by atoms with Crippen LogP contribution in [-0.4, -0.2) is 11.9 Å². The highest BCUT2D eigenvalue weighted by molar-refractivity contribution is 6.37. The Morgan fingerprint density at radius 1 is 0.757 bits per heavy atom. The Bertz CT molecular complexity index is 1480. The third kappa shape index (κ3) is 6.20. The molecule has 4 aromatic rings. The Hall–Kier alpha value is -4.06. The minimum absolute atomic E-state index is 0.126. The molecule has 184 valence electrons. The first-order valence-electron chi connectivity index (χ1n) is 11.5. The van der Waals surface area contributed by atoms with Crippen molar-refractivity contribution in [3.05, 3.63) is 135 Å². The van der Waals surface area contributed by atoms with Crippen molar-refractivity contribution in [3.63, 3.8) is 0 Å². The van der Waals surface area contributed by atoms with Crippen molar-refractivity contribution in [1.82, 2.24) is 0 Å². The standard InChI is InChI=1S/C30H21Cl2NO4/c31-23-12-13-24(25(32)17-23)29-33-26(30(34)37-29)15-22-11-14-27(35-18-20-7-3-1-4-8-20)28(16-22)36-19-21-9-5-2-6-10-21/h1-17H,18-19H2/b26-15-. The topological polar surface area (TPSA) is 57.1 Å². The number of rotatable bonds is 8. The molecule has 0 saturated heterocycles. The third-order valence-corrected chi connectivity index (χ3v) is 6.08. The first-order chi connectivity index (χ1) is 18.0. The van der Waals surface area contributed by atoms with Gasteiger partial charge in [-0.1, -0.05) is 89.9 Å². The summed E-state index contributed by atoms with van der Waals surface area (Å²) >= 11 is 12.2. The van der Waals surface area contributed by atoms with Crippen LogP contribution in [0.1, 0.15) is 22.3 Å². The van der Waals surface area contributed by atoms with Crippen LogP contribution >= 0.6 is 23.2 Å². The van der Waals surface area contributed by atoms with Gasteiger partial charge in [0.1, 0.15) is 13.2 Å². The van der Waals surface area contributed by atoms with E-state index in [4.69, 9.17) is 37.4 Å². The molecule has 5 rings (SSSR count). The normalized spacial score (nSPS) is 13.8. The fourth-order valence-corrected chi connectivity index (χ4v) is 4.15. The molecule has 0 saturated carbocycles. The second-order valence-corrected chi connectivity index (χ2v) is 9.06. The highest BCUT2D eigenvalue weighted by Gasteiger charge is 2.26. The summed E-state index contributed by atoms with van der Waals surface area (Å²) < 4.78 is 17.5. The summed E-state index contributed by atoms with van der Waals surface area (Å²) in [5.41, 5.74) is 3.40. The number of esters is 1. The van der Waals surface area contributed by atoms with Crippen LogP contribution in [-0.2, 0) is 22.7 Å². The lowest BCUT2D eigenvalue weighted by molar-refractivity contribution is -0.129. The van der Waals surface area contributed by atoms with Gasteiger partial charge in [-0.25, -0.2) is 9.79 Å². The van der Waals surface area contributed by atoms with Crippen molar-refractivity contribution < 1.29 is 19.0 Å². The Labute approximate surface area is 224 Å². The summed E-state index contributed by atoms with van der Waals surface area (Å²) in [7, 11) is 0. The van der Waals surface area contributed by atoms with Gasteiger partial charge in [0.05, 0.1) is 10.6 Å². The van der Waals surface area contributed by atoms with Crippen LogP contribution in [0.2, 0.25) is 10.0 Å². The highest BCUT2D eigenvalue weighted by atomic mass is 35.5. The fourth-order valence-electron chi connectivity index (χ4n) is 3.66. The Kier molecular flexibility index (Phi) is 7.54. The highest BCUT2D eigenvalue weighted by Crippen LogP contribution is 2.32. The van der Waals surface area contributed by atoms with E-state index in [9.17, 15) is 4.79 Å². The van der Waals surface area contributed by atoms with Crippen LogP contribution < -0.4 is 9.47 Å². The number of carbonyl (C=O) groups excluding carboxylic acids is 1. The van der Waals surface area contributed by atoms with Crippen molar-refractivity contribution >= 4 is 41.1 Å². The van der Waals surface area contributed by atoms with Crippen LogP contribution in [0.5, 0.6) is 11.5 Å². The van der Waals surface area contributed by atoms with Crippen molar-refractivity contribution in [2.75, 3.05) is 0 Å². The molecule has 7 heteroatoms. The van der Waals surface area contributed by atoms with Gasteiger partial charge in [-0.2, -0.15) is 0 Å². The maximum atomic E-state index is 12.5. The zero-order valence-corrected chi connectivity index (χ0v) is 21.1. The van der Waals surface area contributed by atoms with Gasteiger partial charge in [0.25, 0.3) is 0 Å². The van der Waals surface area contributed by atoms with E-state index in [1.165, 1.54) is 0 Å². The van der Waals surface area contributed by atoms with E-state index < -0.39 is 5.97 Å². The predicted octanol–water partition coefficient (Wildman–Crippen LogP) is 7.50. The summed E-state index contributed by atoms with van der Waals surface area (Å²) in [5.74, 6) is 0.692. The molecule has 0 atom stereocenters. The molecule has 0 radical (unpaired) electrons. The molecule has 0 amide bonds. The quantitative estimate of drug-likeness (QED) is 0.175. The van der Waals surface area contributed by atoms with Gasteiger partial charge in [-0.15, -0.1) is 0 Å². The molecule has 0 spiro atoms. The maximum Gasteiger partial charge on any atom is 0.363 e. The lowest BCUT2D eigenvalue weighted by Crippen LogP contribution is -2.06. The van der Waals surface area contributed by atoms with Gasteiger partial charge >= 0.3 is 5.97 Å². The minimum atomic E-state index is -0.572. The van der Waals surface area contributed by atoms with Crippen LogP contribution in [0.15, 0.2) is 108 Å². The molecule has 5 nitrogen and oxygen atoms in total. The van der Waals surface area contributed by atoms with Crippen molar-refractivity contribution in [1.29, 1.82) is 0 Å². The number of hydrogen-bond donors (Lipinski definition) is 0. The minimum Gasteiger partial charge on any atom is -0.485 e. The molecule has 0 aromatic heterocycles. The number of cyclic esters (lactones) is 1. The number of halogens is 2. The van der Waals surface area contributed by atoms with E-state index >= 15 is 0 Å². The molecule has 4 aromatic carbocycles. The summed E-state index contributed by atoms with van der Waals surface area (Å²) in [6, 6.07) is 30.1. The second kappa shape index (κ2) is 11.3. The first-order valence-corrected chi connectivity index (χ1v) is 12.3. The lowest BCUT2D eigenvalue weighted by Gasteiger charge is -2.14. The van der Waals surface area contributed by atoms with Gasteiger partial charge < -0.3 is 14.2 Å². The van der Waals surface area contributed by atoms with Crippen LogP contribution in [0.25, 0.3) is 6.08 Å². The SMILES string of the molecule is O=C1OC(c2ccc(Cl)cc2Cl)=N/C1=C\c1ccc(OCc2ccccc2)c(OCc2ccccc2)c1. The fraction of sp³-hybridized carbons (Fsp3) is 0.0667. The number of aliphatic imine (C=N–C) groups is 1. The molecule has 1 heterocycles. The van der Waals surface area contributed by atoms with Crippen LogP contribution in [0.3, 0.4) is 0 Å². The summed E-state index contributed by atoms with van der Waals surface area (Å²) in [6.45, 7) is 0.757. The molecule has 1 aliphatic rings. The zero-order chi connectivity index (χ0) is 25.6. The first kappa shape index (κ1) is 24.6. The molecular weight excluding hydrogens is 509 g/mol. The molecular formula is C30H21Cl2NO4. The molecule has 1 aliphatic heterocycles. The molecule has 0 aliphatic carbocycles. The number of benzene rings is 4. The van der Waals surface area contributed by atoms with Crippen molar-refractivity contribution in [2.45, 2.75) is 13.2 Å². The summed E-state index contributed by atoms with van der Waals surface area (Å²) in [6.07, 6.45) is 1.63. The van der Waals surface area contributed by atoms with E-state index in [1.54, 1.807) is 24.3 Å². The van der Waals surface area contributed by atoms with E-state index in [-0.39, 0.29) is 11.6 Å². The van der Waals surface area contributed by atoms with Crippen molar-refractivity contribution in [2.24, 2.45) is 4.99 Å². The molecule has 0 bridgehead atoms. The number of ether oxygens (including phenoxy) is 3. The number of hydrogen-bond acceptors (Lipinski definition) is 5. The largest absolute Gasteiger partial charge is 0.485 e. The van der Waals surface area contributed by atoms with Crippen LogP contribution in [0.4, 0.5) is 0 Å². The number of nitrogens with zero attached hydrogens (tertiary/aromatic N) is 1. The zero-order valence-electron chi connectivity index (χ0n) is 19.6. The third-order valence-electron chi connectivity index (χ3n) is 5.53. The van der Waals surface area contributed by atoms with Gasteiger partial charge in [0.2, 0.25) is 5.90 Å². The van der Waals surface area contributed by atoms with Crippen molar-refractivity contribution in [3.8, 4) is 11.5 Å². The van der Waals surface area contributed by atoms with Crippen LogP contribution in [0, 0.1) is 0 Å². The maximum absolute atomic E-state index is 12.5. The molecule has 0 N–H and O–H groups in total. The molecule has 0 unspecified atom stereocenters. The Morgan fingerprint density at radius 3 is 2.05 bits per heavy atom. The van der Waals surface area contributed by atoms with Gasteiger partial charge in [0, 0.05) is 5.02 Å². The summed E-state index contributed by atoms with van der Waals surface area (Å²) in [4.78, 5) is 16.9. The van der Waals surface area contributed by atoms with Gasteiger partial charge in [-0.3, -0.25) is 0 Å². The molecule has 37 heavy (non-hydrogen) atoms. The van der Waals surface area contributed by atoms with E-state index in [1.807, 2.05) is 78.9 Å². The Balaban J connectivity index is 1.41. The molecule has 0 fully saturated rings. The second-order valence-electron chi connectivity index (χ2n) is 8.21. The van der Waals surface area contributed by atoms with Gasteiger partial charge in [-0.05, 0) is 53.1 Å². The van der Waals surface area contributed by atoms with E-state index in [2.05, 4.69) is 4.99 Å². The number of carbonyl (C=O) groups is 1. The average molecular weight is 530 g/mol.